The molecule has 5 nitrogen and oxygen atoms in total. The first kappa shape index (κ1) is 17.5. The van der Waals surface area contributed by atoms with Crippen molar-refractivity contribution in [1.29, 1.82) is 0 Å². The van der Waals surface area contributed by atoms with Crippen LogP contribution in [0, 0.1) is 17.5 Å². The fourth-order valence-corrected chi connectivity index (χ4v) is 4.17. The number of fused-ring (bicyclic) bond motifs is 1. The molecule has 0 saturated heterocycles. The van der Waals surface area contributed by atoms with Crippen molar-refractivity contribution in [2.45, 2.75) is 11.5 Å². The van der Waals surface area contributed by atoms with E-state index in [4.69, 9.17) is 0 Å². The van der Waals surface area contributed by atoms with Gasteiger partial charge in [0.1, 0.15) is 28.8 Å². The molecule has 27 heavy (non-hydrogen) atoms. The Hall–Kier alpha value is -2.94. The number of nitrogens with zero attached hydrogens (tertiary/aromatic N) is 2. The summed E-state index contributed by atoms with van der Waals surface area (Å²) in [5.41, 5.74) is 0.767. The quantitative estimate of drug-likeness (QED) is 0.745. The summed E-state index contributed by atoms with van der Waals surface area (Å²) in [7, 11) is -1.17. The van der Waals surface area contributed by atoms with E-state index in [0.29, 0.717) is 16.9 Å². The zero-order valence-corrected chi connectivity index (χ0v) is 14.5. The highest BCUT2D eigenvalue weighted by atomic mass is 32.2. The number of hydrogen-bond donors (Lipinski definition) is 1. The van der Waals surface area contributed by atoms with Crippen LogP contribution >= 0.6 is 0 Å². The van der Waals surface area contributed by atoms with Gasteiger partial charge in [-0.15, -0.1) is 0 Å². The lowest BCUT2D eigenvalue weighted by atomic mass is 10.1. The van der Waals surface area contributed by atoms with Crippen LogP contribution in [-0.2, 0) is 22.3 Å². The third-order valence-corrected chi connectivity index (χ3v) is 5.37. The van der Waals surface area contributed by atoms with Gasteiger partial charge < -0.3 is 5.32 Å². The predicted molar refractivity (Wildman–Crippen MR) is 93.4 cm³/mol. The van der Waals surface area contributed by atoms with Crippen molar-refractivity contribution in [3.8, 4) is 5.69 Å². The van der Waals surface area contributed by atoms with Crippen LogP contribution in [0.25, 0.3) is 5.69 Å². The molecule has 0 aliphatic carbocycles. The van der Waals surface area contributed by atoms with E-state index in [0.717, 1.165) is 18.2 Å². The average molecular weight is 391 g/mol. The largest absolute Gasteiger partial charge is 0.306 e. The van der Waals surface area contributed by atoms with Crippen molar-refractivity contribution in [1.82, 2.24) is 9.78 Å². The Labute approximate surface area is 154 Å². The molecule has 0 fully saturated rings. The van der Waals surface area contributed by atoms with Crippen LogP contribution in [0.1, 0.15) is 21.6 Å². The second-order valence-electron chi connectivity index (χ2n) is 5.94. The van der Waals surface area contributed by atoms with E-state index in [1.165, 1.54) is 28.9 Å². The van der Waals surface area contributed by atoms with Crippen LogP contribution in [-0.4, -0.2) is 19.9 Å². The third kappa shape index (κ3) is 3.14. The highest BCUT2D eigenvalue weighted by Gasteiger charge is 2.29. The number of benzene rings is 2. The molecule has 1 aliphatic heterocycles. The Balaban J connectivity index is 1.78. The van der Waals surface area contributed by atoms with Gasteiger partial charge in [0.15, 0.2) is 0 Å². The van der Waals surface area contributed by atoms with E-state index >= 15 is 0 Å². The van der Waals surface area contributed by atoms with Gasteiger partial charge in [-0.05, 0) is 36.4 Å². The van der Waals surface area contributed by atoms with Crippen LogP contribution < -0.4 is 5.32 Å². The van der Waals surface area contributed by atoms with Gasteiger partial charge in [-0.25, -0.2) is 17.9 Å². The van der Waals surface area contributed by atoms with Gasteiger partial charge in [0.25, 0.3) is 5.91 Å². The van der Waals surface area contributed by atoms with E-state index in [9.17, 15) is 22.2 Å². The van der Waals surface area contributed by atoms with E-state index in [-0.39, 0.29) is 17.3 Å². The Bertz CT molecular complexity index is 1060. The molecule has 1 aromatic heterocycles. The lowest BCUT2D eigenvalue weighted by molar-refractivity contribution is 0.101. The number of carbonyl (C=O) groups is 1. The Morgan fingerprint density at radius 1 is 1.04 bits per heavy atom. The molecule has 3 aromatic rings. The number of hydrogen-bond acceptors (Lipinski definition) is 3. The Kier molecular flexibility index (Phi) is 4.31. The molecule has 0 spiro atoms. The summed E-state index contributed by atoms with van der Waals surface area (Å²) in [6.07, 6.45) is 0. The molecular weight excluding hydrogens is 379 g/mol. The summed E-state index contributed by atoms with van der Waals surface area (Å²) in [4.78, 5) is 12.5. The lowest BCUT2D eigenvalue weighted by Crippen LogP contribution is -2.19. The molecule has 9 heteroatoms. The second kappa shape index (κ2) is 6.66. The van der Waals surface area contributed by atoms with Gasteiger partial charge in [0.05, 0.1) is 22.9 Å². The number of halogens is 3. The Morgan fingerprint density at radius 3 is 2.37 bits per heavy atom. The highest BCUT2D eigenvalue weighted by Crippen LogP contribution is 2.32. The number of rotatable bonds is 3. The molecule has 0 bridgehead atoms. The van der Waals surface area contributed by atoms with Gasteiger partial charge in [-0.1, -0.05) is 6.07 Å². The highest BCUT2D eigenvalue weighted by molar-refractivity contribution is 7.83. The summed E-state index contributed by atoms with van der Waals surface area (Å²) >= 11 is 0. The maximum absolute atomic E-state index is 13.9. The summed E-state index contributed by atoms with van der Waals surface area (Å²) in [5.74, 6) is -2.91. The Morgan fingerprint density at radius 2 is 1.70 bits per heavy atom. The molecule has 1 unspecified atom stereocenters. The zero-order valence-electron chi connectivity index (χ0n) is 13.7. The molecule has 138 valence electrons. The lowest BCUT2D eigenvalue weighted by Gasteiger charge is -2.12. The van der Waals surface area contributed by atoms with E-state index < -0.39 is 39.7 Å². The van der Waals surface area contributed by atoms with Gasteiger partial charge in [-0.3, -0.25) is 9.00 Å². The molecule has 2 aromatic carbocycles. The number of amides is 1. The minimum atomic E-state index is -1.17. The first-order valence-corrected chi connectivity index (χ1v) is 9.40. The second-order valence-corrected chi connectivity index (χ2v) is 7.40. The van der Waals surface area contributed by atoms with Crippen molar-refractivity contribution in [2.24, 2.45) is 0 Å². The zero-order chi connectivity index (χ0) is 19.1. The first-order valence-electron chi connectivity index (χ1n) is 7.91. The fraction of sp³-hybridized carbons (Fsp3) is 0.111. The molecule has 4 rings (SSSR count). The van der Waals surface area contributed by atoms with Crippen molar-refractivity contribution < 1.29 is 22.2 Å². The van der Waals surface area contributed by atoms with Crippen LogP contribution in [0.5, 0.6) is 0 Å². The molecule has 0 radical (unpaired) electrons. The fourth-order valence-electron chi connectivity index (χ4n) is 2.91. The van der Waals surface area contributed by atoms with Crippen molar-refractivity contribution >= 4 is 22.5 Å². The molecule has 1 aliphatic rings. The summed E-state index contributed by atoms with van der Waals surface area (Å²) in [6.45, 7) is 0. The first-order chi connectivity index (χ1) is 12.9. The molecular formula is C18H12F3N3O2S. The minimum absolute atomic E-state index is 0.159. The molecule has 1 amide bonds. The monoisotopic (exact) mass is 391 g/mol. The number of anilines is 1. The SMILES string of the molecule is O=C(Nc1c2c(nn1-c1ccc(F)cc1)CS(=O)C2)c1c(F)cccc1F. The van der Waals surface area contributed by atoms with Crippen molar-refractivity contribution in [2.75, 3.05) is 5.32 Å². The number of nitrogens with one attached hydrogen (secondary N) is 1. The van der Waals surface area contributed by atoms with E-state index in [2.05, 4.69) is 10.4 Å². The van der Waals surface area contributed by atoms with Crippen molar-refractivity contribution in [3.05, 3.63) is 76.7 Å². The molecule has 1 N–H and O–H groups in total. The third-order valence-electron chi connectivity index (χ3n) is 4.16. The number of carbonyl (C=O) groups excluding carboxylic acids is 1. The van der Waals surface area contributed by atoms with E-state index in [1.807, 2.05) is 0 Å². The van der Waals surface area contributed by atoms with Gasteiger partial charge >= 0.3 is 0 Å². The standard InChI is InChI=1S/C18H12F3N3O2S/c19-10-4-6-11(7-5-10)24-17(12-8-27(26)9-15(12)23-24)22-18(25)16-13(20)2-1-3-14(16)21/h1-7H,8-9H2,(H,22,25). The molecule has 1 atom stereocenters. The summed E-state index contributed by atoms with van der Waals surface area (Å²) in [5, 5.41) is 6.81. The smallest absolute Gasteiger partial charge is 0.262 e. The number of aromatic nitrogens is 2. The molecule has 2 heterocycles. The predicted octanol–water partition coefficient (Wildman–Crippen LogP) is 3.30. The van der Waals surface area contributed by atoms with Gasteiger partial charge in [-0.2, -0.15) is 5.10 Å². The topological polar surface area (TPSA) is 64.0 Å². The van der Waals surface area contributed by atoms with Crippen LogP contribution in [0.4, 0.5) is 19.0 Å². The summed E-state index contributed by atoms with van der Waals surface area (Å²) < 4.78 is 54.2. The van der Waals surface area contributed by atoms with Crippen molar-refractivity contribution in [3.63, 3.8) is 0 Å². The minimum Gasteiger partial charge on any atom is -0.306 e. The van der Waals surface area contributed by atoms with Gasteiger partial charge in [0.2, 0.25) is 0 Å². The molecule has 0 saturated carbocycles. The maximum Gasteiger partial charge on any atom is 0.262 e. The van der Waals surface area contributed by atoms with Crippen LogP contribution in [0.3, 0.4) is 0 Å². The van der Waals surface area contributed by atoms with Gasteiger partial charge in [0, 0.05) is 16.4 Å². The van der Waals surface area contributed by atoms with Crippen LogP contribution in [0.2, 0.25) is 0 Å². The van der Waals surface area contributed by atoms with Crippen LogP contribution in [0.15, 0.2) is 42.5 Å². The van der Waals surface area contributed by atoms with E-state index in [1.54, 1.807) is 0 Å². The average Bonchev–Trinajstić information content (AvgIpc) is 3.13. The normalized spacial score (nSPS) is 15.6. The maximum atomic E-state index is 13.9. The summed E-state index contributed by atoms with van der Waals surface area (Å²) in [6, 6.07) is 8.47.